The third-order valence-electron chi connectivity index (χ3n) is 2.04. The van der Waals surface area contributed by atoms with E-state index in [-0.39, 0.29) is 6.42 Å². The van der Waals surface area contributed by atoms with E-state index in [9.17, 15) is 5.11 Å². The van der Waals surface area contributed by atoms with Gasteiger partial charge in [0.2, 0.25) is 0 Å². The van der Waals surface area contributed by atoms with Crippen LogP contribution in [-0.4, -0.2) is 33.1 Å². The third kappa shape index (κ3) is 3.18. The maximum Gasteiger partial charge on any atom is 0.0924 e. The summed E-state index contributed by atoms with van der Waals surface area (Å²) in [4.78, 5) is 0. The maximum atomic E-state index is 9.66. The van der Waals surface area contributed by atoms with Crippen molar-refractivity contribution in [1.29, 1.82) is 0 Å². The van der Waals surface area contributed by atoms with Crippen molar-refractivity contribution in [2.45, 2.75) is 51.4 Å². The molecule has 0 aromatic heterocycles. The van der Waals surface area contributed by atoms with Crippen molar-refractivity contribution in [3.05, 3.63) is 0 Å². The molecule has 0 radical (unpaired) electrons. The Morgan fingerprint density at radius 1 is 1.27 bits per heavy atom. The zero-order valence-corrected chi connectivity index (χ0v) is 7.41. The van der Waals surface area contributed by atoms with E-state index in [4.69, 9.17) is 10.2 Å². The van der Waals surface area contributed by atoms with Crippen LogP contribution in [0.4, 0.5) is 0 Å². The van der Waals surface area contributed by atoms with Crippen molar-refractivity contribution < 1.29 is 15.3 Å². The van der Waals surface area contributed by atoms with E-state index in [2.05, 4.69) is 0 Å². The minimum atomic E-state index is -1.13. The zero-order chi connectivity index (χ0) is 9.07. The van der Waals surface area contributed by atoms with E-state index in [1.165, 1.54) is 6.92 Å². The number of aliphatic hydroxyl groups excluding tert-OH is 2. The number of hydrogen-bond acceptors (Lipinski definition) is 3. The number of hydrogen-bond donors (Lipinski definition) is 3. The maximum absolute atomic E-state index is 9.66. The summed E-state index contributed by atoms with van der Waals surface area (Å²) in [7, 11) is 0. The lowest BCUT2D eigenvalue weighted by Gasteiger charge is -2.30. The highest BCUT2D eigenvalue weighted by Crippen LogP contribution is 2.21. The van der Waals surface area contributed by atoms with Crippen LogP contribution in [0.25, 0.3) is 0 Å². The van der Waals surface area contributed by atoms with Gasteiger partial charge in [-0.3, -0.25) is 0 Å². The summed E-state index contributed by atoms with van der Waals surface area (Å²) >= 11 is 0. The molecule has 0 rings (SSSR count). The summed E-state index contributed by atoms with van der Waals surface area (Å²) in [5, 5.41) is 27.8. The monoisotopic (exact) mass is 162 g/mol. The van der Waals surface area contributed by atoms with E-state index in [1.807, 2.05) is 0 Å². The molecule has 0 aliphatic carbocycles. The van der Waals surface area contributed by atoms with Gasteiger partial charge in [0.15, 0.2) is 0 Å². The summed E-state index contributed by atoms with van der Waals surface area (Å²) in [6.45, 7) is 4.92. The van der Waals surface area contributed by atoms with E-state index in [1.54, 1.807) is 13.8 Å². The largest absolute Gasteiger partial charge is 0.393 e. The lowest BCUT2D eigenvalue weighted by molar-refractivity contribution is -0.0920. The van der Waals surface area contributed by atoms with Crippen molar-refractivity contribution in [2.24, 2.45) is 0 Å². The quantitative estimate of drug-likeness (QED) is 0.556. The lowest BCUT2D eigenvalue weighted by Crippen LogP contribution is -2.42. The fourth-order valence-corrected chi connectivity index (χ4v) is 1.12. The molecule has 3 unspecified atom stereocenters. The minimum absolute atomic E-state index is 0.223. The van der Waals surface area contributed by atoms with Crippen LogP contribution in [-0.2, 0) is 0 Å². The fourth-order valence-electron chi connectivity index (χ4n) is 1.12. The Labute approximate surface area is 67.7 Å². The molecule has 0 heterocycles. The molecule has 0 aromatic rings. The molecule has 0 bridgehead atoms. The van der Waals surface area contributed by atoms with Gasteiger partial charge in [0.25, 0.3) is 0 Å². The second kappa shape index (κ2) is 4.04. The van der Waals surface area contributed by atoms with E-state index < -0.39 is 17.8 Å². The molecule has 0 aromatic carbocycles. The lowest BCUT2D eigenvalue weighted by atomic mass is 9.89. The summed E-state index contributed by atoms with van der Waals surface area (Å²) in [5.74, 6) is 0. The molecule has 3 N–H and O–H groups in total. The Hall–Kier alpha value is -0.120. The van der Waals surface area contributed by atoms with Crippen LogP contribution in [0.2, 0.25) is 0 Å². The first-order chi connectivity index (χ1) is 4.92. The van der Waals surface area contributed by atoms with Crippen molar-refractivity contribution in [3.63, 3.8) is 0 Å². The molecule has 3 atom stereocenters. The number of aliphatic hydroxyl groups is 3. The van der Waals surface area contributed by atoms with Crippen LogP contribution in [0.1, 0.15) is 33.6 Å². The van der Waals surface area contributed by atoms with E-state index in [0.717, 1.165) is 0 Å². The molecule has 0 fully saturated rings. The Kier molecular flexibility index (Phi) is 4.00. The van der Waals surface area contributed by atoms with Crippen LogP contribution in [0, 0.1) is 0 Å². The average Bonchev–Trinajstić information content (AvgIpc) is 1.86. The molecule has 3 nitrogen and oxygen atoms in total. The molecule has 0 aliphatic rings. The molecule has 68 valence electrons. The standard InChI is InChI=1S/C8H18O3/c1-4-8(11,7(3)10)5-6(2)9/h6-7,9-11H,4-5H2,1-3H3. The van der Waals surface area contributed by atoms with E-state index in [0.29, 0.717) is 6.42 Å². The molecule has 3 heteroatoms. The fraction of sp³-hybridized carbons (Fsp3) is 1.00. The summed E-state index contributed by atoms with van der Waals surface area (Å²) in [5.41, 5.74) is -1.13. The molecule has 0 aliphatic heterocycles. The highest BCUT2D eigenvalue weighted by molar-refractivity contribution is 4.83. The van der Waals surface area contributed by atoms with Gasteiger partial charge in [-0.1, -0.05) is 6.92 Å². The molecular weight excluding hydrogens is 144 g/mol. The highest BCUT2D eigenvalue weighted by Gasteiger charge is 2.31. The molecule has 0 spiro atoms. The summed E-state index contributed by atoms with van der Waals surface area (Å²) in [6.07, 6.45) is -0.687. The van der Waals surface area contributed by atoms with E-state index >= 15 is 0 Å². The molecule has 11 heavy (non-hydrogen) atoms. The Bertz CT molecular complexity index is 112. The normalized spacial score (nSPS) is 22.4. The minimum Gasteiger partial charge on any atom is -0.393 e. The smallest absolute Gasteiger partial charge is 0.0924 e. The second-order valence-electron chi connectivity index (χ2n) is 3.19. The Morgan fingerprint density at radius 3 is 1.82 bits per heavy atom. The summed E-state index contributed by atoms with van der Waals surface area (Å²) in [6, 6.07) is 0. The van der Waals surface area contributed by atoms with Gasteiger partial charge in [0.05, 0.1) is 17.8 Å². The molecule has 0 saturated heterocycles. The summed E-state index contributed by atoms with van der Waals surface area (Å²) < 4.78 is 0. The predicted octanol–water partition coefficient (Wildman–Crippen LogP) is 0.279. The topological polar surface area (TPSA) is 60.7 Å². The molecule has 0 amide bonds. The first kappa shape index (κ1) is 10.9. The van der Waals surface area contributed by atoms with Crippen LogP contribution >= 0.6 is 0 Å². The molecule has 0 saturated carbocycles. The Morgan fingerprint density at radius 2 is 1.73 bits per heavy atom. The van der Waals surface area contributed by atoms with Crippen LogP contribution in [0.3, 0.4) is 0 Å². The van der Waals surface area contributed by atoms with Crippen LogP contribution < -0.4 is 0 Å². The first-order valence-electron chi connectivity index (χ1n) is 4.01. The van der Waals surface area contributed by atoms with Gasteiger partial charge < -0.3 is 15.3 Å². The van der Waals surface area contributed by atoms with Gasteiger partial charge in [-0.25, -0.2) is 0 Å². The van der Waals surface area contributed by atoms with Crippen LogP contribution in [0.15, 0.2) is 0 Å². The van der Waals surface area contributed by atoms with Crippen LogP contribution in [0.5, 0.6) is 0 Å². The SMILES string of the molecule is CCC(O)(CC(C)O)C(C)O. The van der Waals surface area contributed by atoms with Crippen molar-refractivity contribution in [3.8, 4) is 0 Å². The third-order valence-corrected chi connectivity index (χ3v) is 2.04. The van der Waals surface area contributed by atoms with Gasteiger partial charge in [-0.05, 0) is 20.3 Å². The van der Waals surface area contributed by atoms with Gasteiger partial charge in [0, 0.05) is 6.42 Å². The number of rotatable bonds is 4. The van der Waals surface area contributed by atoms with Gasteiger partial charge in [-0.15, -0.1) is 0 Å². The first-order valence-corrected chi connectivity index (χ1v) is 4.01. The van der Waals surface area contributed by atoms with Gasteiger partial charge in [0.1, 0.15) is 0 Å². The highest BCUT2D eigenvalue weighted by atomic mass is 16.3. The van der Waals surface area contributed by atoms with Gasteiger partial charge in [-0.2, -0.15) is 0 Å². The molecular formula is C8H18O3. The van der Waals surface area contributed by atoms with Crippen molar-refractivity contribution in [1.82, 2.24) is 0 Å². The second-order valence-corrected chi connectivity index (χ2v) is 3.19. The average molecular weight is 162 g/mol. The predicted molar refractivity (Wildman–Crippen MR) is 43.2 cm³/mol. The van der Waals surface area contributed by atoms with Crippen molar-refractivity contribution >= 4 is 0 Å². The van der Waals surface area contributed by atoms with Gasteiger partial charge >= 0.3 is 0 Å². The zero-order valence-electron chi connectivity index (χ0n) is 7.41. The Balaban J connectivity index is 4.10. The van der Waals surface area contributed by atoms with Crippen molar-refractivity contribution in [2.75, 3.05) is 0 Å².